The second-order valence-electron chi connectivity index (χ2n) is 5.01. The molecule has 0 heterocycles. The first kappa shape index (κ1) is 18.3. The zero-order chi connectivity index (χ0) is 16.4. The average molecular weight is 328 g/mol. The van der Waals surface area contributed by atoms with E-state index in [4.69, 9.17) is 21.4 Å². The van der Waals surface area contributed by atoms with Crippen molar-refractivity contribution in [3.05, 3.63) is 29.3 Å². The Morgan fingerprint density at radius 2 is 2.09 bits per heavy atom. The van der Waals surface area contributed by atoms with E-state index in [1.165, 1.54) is 0 Å². The number of benzene rings is 1. The van der Waals surface area contributed by atoms with Gasteiger partial charge in [-0.1, -0.05) is 37.1 Å². The van der Waals surface area contributed by atoms with Crippen molar-refractivity contribution in [1.82, 2.24) is 5.32 Å². The van der Waals surface area contributed by atoms with Crippen molar-refractivity contribution in [3.63, 3.8) is 0 Å². The van der Waals surface area contributed by atoms with Crippen LogP contribution in [0.4, 0.5) is 0 Å². The molecule has 1 rings (SSSR count). The number of ether oxygens (including phenoxy) is 1. The van der Waals surface area contributed by atoms with Crippen molar-refractivity contribution in [3.8, 4) is 5.75 Å². The zero-order valence-electron chi connectivity index (χ0n) is 12.7. The number of aliphatic carboxylic acids is 1. The number of amides is 1. The number of carboxylic acids is 1. The molecule has 122 valence electrons. The number of rotatable bonds is 10. The largest absolute Gasteiger partial charge is 0.492 e. The normalized spacial score (nSPS) is 11.7. The Balaban J connectivity index is 2.20. The van der Waals surface area contributed by atoms with Crippen LogP contribution < -0.4 is 10.1 Å². The molecule has 1 unspecified atom stereocenters. The van der Waals surface area contributed by atoms with E-state index < -0.39 is 11.9 Å². The van der Waals surface area contributed by atoms with Gasteiger partial charge in [-0.15, -0.1) is 0 Å². The zero-order valence-corrected chi connectivity index (χ0v) is 13.4. The molecule has 0 saturated heterocycles. The molecule has 0 spiro atoms. The van der Waals surface area contributed by atoms with Crippen LogP contribution in [0.2, 0.25) is 5.02 Å². The minimum absolute atomic E-state index is 0.162. The van der Waals surface area contributed by atoms with Crippen LogP contribution in [0.25, 0.3) is 0 Å². The molecule has 1 aromatic rings. The van der Waals surface area contributed by atoms with Crippen LogP contribution in [0.3, 0.4) is 0 Å². The molecule has 0 bridgehead atoms. The number of carboxylic acid groups (broad SMARTS) is 1. The van der Waals surface area contributed by atoms with Gasteiger partial charge in [0.15, 0.2) is 0 Å². The molecule has 0 aliphatic carbocycles. The number of para-hydroxylation sites is 1. The third-order valence-corrected chi connectivity index (χ3v) is 3.49. The fourth-order valence-corrected chi connectivity index (χ4v) is 2.15. The molecule has 1 amide bonds. The standard InChI is InChI=1S/C16H22ClNO4/c1-2-6-12(16(20)21)11-18-15(19)9-5-10-22-14-8-4-3-7-13(14)17/h3-4,7-8,12H,2,5-6,9-11H2,1H3,(H,18,19)(H,20,21). The highest BCUT2D eigenvalue weighted by molar-refractivity contribution is 6.32. The van der Waals surface area contributed by atoms with E-state index in [0.29, 0.717) is 36.6 Å². The number of hydrogen-bond acceptors (Lipinski definition) is 3. The van der Waals surface area contributed by atoms with Gasteiger partial charge in [-0.3, -0.25) is 9.59 Å². The minimum Gasteiger partial charge on any atom is -0.492 e. The van der Waals surface area contributed by atoms with E-state index in [1.54, 1.807) is 12.1 Å². The lowest BCUT2D eigenvalue weighted by Gasteiger charge is -2.12. The minimum atomic E-state index is -0.871. The molecule has 6 heteroatoms. The van der Waals surface area contributed by atoms with Crippen LogP contribution in [-0.4, -0.2) is 30.1 Å². The van der Waals surface area contributed by atoms with Crippen molar-refractivity contribution < 1.29 is 19.4 Å². The first-order chi connectivity index (χ1) is 10.5. The molecule has 5 nitrogen and oxygen atoms in total. The molecule has 0 fully saturated rings. The second kappa shape index (κ2) is 10.1. The average Bonchev–Trinajstić information content (AvgIpc) is 2.49. The Labute approximate surface area is 135 Å². The van der Waals surface area contributed by atoms with Crippen molar-refractivity contribution in [2.24, 2.45) is 5.92 Å². The molecule has 1 atom stereocenters. The molecule has 2 N–H and O–H groups in total. The summed E-state index contributed by atoms with van der Waals surface area (Å²) in [4.78, 5) is 22.6. The molecule has 0 aliphatic heterocycles. The number of hydrogen-bond donors (Lipinski definition) is 2. The van der Waals surface area contributed by atoms with Gasteiger partial charge in [0.2, 0.25) is 5.91 Å². The predicted molar refractivity (Wildman–Crippen MR) is 85.2 cm³/mol. The molecular formula is C16H22ClNO4. The van der Waals surface area contributed by atoms with Crippen molar-refractivity contribution in [1.29, 1.82) is 0 Å². The monoisotopic (exact) mass is 327 g/mol. The molecule has 0 aliphatic rings. The molecule has 1 aromatic carbocycles. The number of carbonyl (C=O) groups is 2. The third kappa shape index (κ3) is 6.80. The first-order valence-electron chi connectivity index (χ1n) is 7.41. The molecular weight excluding hydrogens is 306 g/mol. The van der Waals surface area contributed by atoms with Crippen molar-refractivity contribution >= 4 is 23.5 Å². The SMILES string of the molecule is CCCC(CNC(=O)CCCOc1ccccc1Cl)C(=O)O. The van der Waals surface area contributed by atoms with E-state index in [-0.39, 0.29) is 12.5 Å². The predicted octanol–water partition coefficient (Wildman–Crippen LogP) is 3.12. The van der Waals surface area contributed by atoms with Crippen LogP contribution in [0.5, 0.6) is 5.75 Å². The summed E-state index contributed by atoms with van der Waals surface area (Å²) in [5.74, 6) is -0.957. The molecule has 0 aromatic heterocycles. The van der Waals surface area contributed by atoms with E-state index in [9.17, 15) is 9.59 Å². The molecule has 0 radical (unpaired) electrons. The summed E-state index contributed by atoms with van der Waals surface area (Å²) in [7, 11) is 0. The van der Waals surface area contributed by atoms with Gasteiger partial charge in [0, 0.05) is 13.0 Å². The van der Waals surface area contributed by atoms with Gasteiger partial charge in [-0.05, 0) is 25.0 Å². The van der Waals surface area contributed by atoms with Crippen LogP contribution in [0, 0.1) is 5.92 Å². The van der Waals surface area contributed by atoms with Gasteiger partial charge >= 0.3 is 5.97 Å². The summed E-state index contributed by atoms with van der Waals surface area (Å²) in [6.45, 7) is 2.48. The first-order valence-corrected chi connectivity index (χ1v) is 7.79. The molecule has 0 saturated carbocycles. The lowest BCUT2D eigenvalue weighted by molar-refractivity contribution is -0.141. The Hall–Kier alpha value is -1.75. The summed E-state index contributed by atoms with van der Waals surface area (Å²) in [5.41, 5.74) is 0. The van der Waals surface area contributed by atoms with E-state index in [0.717, 1.165) is 6.42 Å². The van der Waals surface area contributed by atoms with Gasteiger partial charge in [0.25, 0.3) is 0 Å². The third-order valence-electron chi connectivity index (χ3n) is 3.17. The van der Waals surface area contributed by atoms with Crippen LogP contribution in [-0.2, 0) is 9.59 Å². The highest BCUT2D eigenvalue weighted by Crippen LogP contribution is 2.23. The lowest BCUT2D eigenvalue weighted by Crippen LogP contribution is -2.32. The van der Waals surface area contributed by atoms with E-state index in [2.05, 4.69) is 5.32 Å². The van der Waals surface area contributed by atoms with E-state index in [1.807, 2.05) is 19.1 Å². The van der Waals surface area contributed by atoms with E-state index >= 15 is 0 Å². The van der Waals surface area contributed by atoms with Gasteiger partial charge in [-0.25, -0.2) is 0 Å². The highest BCUT2D eigenvalue weighted by Gasteiger charge is 2.16. The maximum absolute atomic E-state index is 11.7. The lowest BCUT2D eigenvalue weighted by atomic mass is 10.0. The maximum Gasteiger partial charge on any atom is 0.308 e. The quantitative estimate of drug-likeness (QED) is 0.647. The Morgan fingerprint density at radius 1 is 1.36 bits per heavy atom. The van der Waals surface area contributed by atoms with Crippen LogP contribution in [0.15, 0.2) is 24.3 Å². The number of halogens is 1. The van der Waals surface area contributed by atoms with Crippen molar-refractivity contribution in [2.75, 3.05) is 13.2 Å². The summed E-state index contributed by atoms with van der Waals surface area (Å²) in [6.07, 6.45) is 2.18. The van der Waals surface area contributed by atoms with Crippen LogP contribution >= 0.6 is 11.6 Å². The van der Waals surface area contributed by atoms with Crippen molar-refractivity contribution in [2.45, 2.75) is 32.6 Å². The fraction of sp³-hybridized carbons (Fsp3) is 0.500. The smallest absolute Gasteiger partial charge is 0.308 e. The molecule has 22 heavy (non-hydrogen) atoms. The van der Waals surface area contributed by atoms with Gasteiger partial charge in [-0.2, -0.15) is 0 Å². The van der Waals surface area contributed by atoms with Gasteiger partial charge in [0.1, 0.15) is 5.75 Å². The number of carbonyl (C=O) groups excluding carboxylic acids is 1. The summed E-state index contributed by atoms with van der Waals surface area (Å²) in [6, 6.07) is 7.15. The Bertz CT molecular complexity index is 493. The van der Waals surface area contributed by atoms with Crippen LogP contribution in [0.1, 0.15) is 32.6 Å². The summed E-state index contributed by atoms with van der Waals surface area (Å²) in [5, 5.41) is 12.2. The second-order valence-corrected chi connectivity index (χ2v) is 5.42. The Morgan fingerprint density at radius 3 is 2.73 bits per heavy atom. The summed E-state index contributed by atoms with van der Waals surface area (Å²) < 4.78 is 5.48. The Kier molecular flexibility index (Phi) is 8.36. The maximum atomic E-state index is 11.7. The van der Waals surface area contributed by atoms with Gasteiger partial charge < -0.3 is 15.2 Å². The highest BCUT2D eigenvalue weighted by atomic mass is 35.5. The fourth-order valence-electron chi connectivity index (χ4n) is 1.96. The topological polar surface area (TPSA) is 75.6 Å². The number of nitrogens with one attached hydrogen (secondary N) is 1. The van der Waals surface area contributed by atoms with Gasteiger partial charge in [0.05, 0.1) is 17.5 Å². The summed E-state index contributed by atoms with van der Waals surface area (Å²) >= 11 is 5.95.